The molecule has 0 spiro atoms. The van der Waals surface area contributed by atoms with Gasteiger partial charge in [-0.05, 0) is 32.9 Å². The highest BCUT2D eigenvalue weighted by molar-refractivity contribution is 5.77. The number of halogens is 3. The van der Waals surface area contributed by atoms with Crippen molar-refractivity contribution in [1.29, 1.82) is 0 Å². The van der Waals surface area contributed by atoms with Gasteiger partial charge in [-0.3, -0.25) is 9.48 Å². The summed E-state index contributed by atoms with van der Waals surface area (Å²) in [5.41, 5.74) is 1.52. The molecule has 1 amide bonds. The van der Waals surface area contributed by atoms with Crippen molar-refractivity contribution in [2.24, 2.45) is 0 Å². The van der Waals surface area contributed by atoms with Crippen molar-refractivity contribution in [2.45, 2.75) is 52.4 Å². The summed E-state index contributed by atoms with van der Waals surface area (Å²) in [5, 5.41) is 4.05. The number of carbonyl (C=O) groups is 1. The Kier molecular flexibility index (Phi) is 5.83. The van der Waals surface area contributed by atoms with Gasteiger partial charge in [-0.25, -0.2) is 0 Å². The number of nitrogens with zero attached hydrogens (tertiary/aromatic N) is 3. The largest absolute Gasteiger partial charge is 0.466 e. The number of hydrogen-bond acceptors (Lipinski definition) is 4. The highest BCUT2D eigenvalue weighted by atomic mass is 19.4. The summed E-state index contributed by atoms with van der Waals surface area (Å²) in [7, 11) is 0. The second-order valence-corrected chi connectivity index (χ2v) is 7.05. The highest BCUT2D eigenvalue weighted by Gasteiger charge is 2.35. The molecule has 0 unspecified atom stereocenters. The molecule has 6 nitrogen and oxygen atoms in total. The van der Waals surface area contributed by atoms with Crippen molar-refractivity contribution in [1.82, 2.24) is 14.7 Å². The maximum absolute atomic E-state index is 12.8. The molecule has 28 heavy (non-hydrogen) atoms. The Morgan fingerprint density at radius 3 is 2.68 bits per heavy atom. The fourth-order valence-corrected chi connectivity index (χ4v) is 3.65. The Morgan fingerprint density at radius 1 is 1.29 bits per heavy atom. The van der Waals surface area contributed by atoms with Crippen LogP contribution in [0.2, 0.25) is 0 Å². The van der Waals surface area contributed by atoms with Crippen LogP contribution in [0.3, 0.4) is 0 Å². The van der Waals surface area contributed by atoms with E-state index in [1.807, 2.05) is 19.1 Å². The number of alkyl halides is 3. The summed E-state index contributed by atoms with van der Waals surface area (Å²) in [4.78, 5) is 14.5. The van der Waals surface area contributed by atoms with Crippen LogP contribution in [0.15, 0.2) is 16.5 Å². The third-order valence-electron chi connectivity index (χ3n) is 4.93. The standard InChI is InChI=1S/C19H24F3N3O3/c1-12-4-5-15(28-12)6-7-17(26)24-8-9-27-10-16(24)18-13(2)23-25(14(18)3)11-19(20,21)22/h4-5,16H,6-11H2,1-3H3/t16-/m1/s1. The molecule has 0 bridgehead atoms. The number of aryl methyl sites for hydroxylation is 3. The van der Waals surface area contributed by atoms with Gasteiger partial charge in [0, 0.05) is 30.6 Å². The second kappa shape index (κ2) is 7.98. The molecule has 1 atom stereocenters. The molecule has 2 aromatic rings. The molecule has 0 aromatic carbocycles. The van der Waals surface area contributed by atoms with E-state index in [9.17, 15) is 18.0 Å². The first-order chi connectivity index (χ1) is 13.2. The lowest BCUT2D eigenvalue weighted by molar-refractivity contribution is -0.143. The third kappa shape index (κ3) is 4.57. The lowest BCUT2D eigenvalue weighted by Crippen LogP contribution is -2.43. The minimum atomic E-state index is -4.36. The predicted molar refractivity (Wildman–Crippen MR) is 94.8 cm³/mol. The van der Waals surface area contributed by atoms with Crippen molar-refractivity contribution in [3.63, 3.8) is 0 Å². The van der Waals surface area contributed by atoms with Gasteiger partial charge in [-0.1, -0.05) is 0 Å². The molecule has 154 valence electrons. The van der Waals surface area contributed by atoms with E-state index >= 15 is 0 Å². The number of amides is 1. The monoisotopic (exact) mass is 399 g/mol. The van der Waals surface area contributed by atoms with E-state index < -0.39 is 18.8 Å². The van der Waals surface area contributed by atoms with Gasteiger partial charge < -0.3 is 14.1 Å². The molecule has 0 radical (unpaired) electrons. The molecule has 0 N–H and O–H groups in total. The number of rotatable bonds is 5. The van der Waals surface area contributed by atoms with E-state index in [0.29, 0.717) is 36.5 Å². The maximum Gasteiger partial charge on any atom is 0.408 e. The van der Waals surface area contributed by atoms with E-state index in [4.69, 9.17) is 9.15 Å². The zero-order valence-corrected chi connectivity index (χ0v) is 16.2. The average Bonchev–Trinajstić information content (AvgIpc) is 3.14. The zero-order valence-electron chi connectivity index (χ0n) is 16.2. The fourth-order valence-electron chi connectivity index (χ4n) is 3.65. The number of morpholine rings is 1. The van der Waals surface area contributed by atoms with Crippen LogP contribution in [0, 0.1) is 20.8 Å². The first kappa shape index (κ1) is 20.4. The quantitative estimate of drug-likeness (QED) is 0.772. The predicted octanol–water partition coefficient (Wildman–Crippen LogP) is 3.50. The minimum Gasteiger partial charge on any atom is -0.466 e. The Hall–Kier alpha value is -2.29. The highest BCUT2D eigenvalue weighted by Crippen LogP contribution is 2.31. The summed E-state index contributed by atoms with van der Waals surface area (Å²) in [6.07, 6.45) is -3.62. The van der Waals surface area contributed by atoms with E-state index in [0.717, 1.165) is 16.2 Å². The summed E-state index contributed by atoms with van der Waals surface area (Å²) in [6, 6.07) is 3.25. The van der Waals surface area contributed by atoms with Gasteiger partial charge in [0.15, 0.2) is 0 Å². The van der Waals surface area contributed by atoms with Crippen LogP contribution in [0.5, 0.6) is 0 Å². The molecular formula is C19H24F3N3O3. The zero-order chi connectivity index (χ0) is 20.5. The Morgan fingerprint density at radius 2 is 2.04 bits per heavy atom. The van der Waals surface area contributed by atoms with Gasteiger partial charge in [0.25, 0.3) is 0 Å². The van der Waals surface area contributed by atoms with Crippen LogP contribution in [-0.2, 0) is 22.5 Å². The molecular weight excluding hydrogens is 375 g/mol. The Bertz CT molecular complexity index is 841. The van der Waals surface area contributed by atoms with E-state index in [1.165, 1.54) is 0 Å². The molecule has 2 aromatic heterocycles. The van der Waals surface area contributed by atoms with Gasteiger partial charge in [0.05, 0.1) is 24.9 Å². The van der Waals surface area contributed by atoms with E-state index in [-0.39, 0.29) is 18.9 Å². The van der Waals surface area contributed by atoms with Crippen LogP contribution in [-0.4, -0.2) is 46.5 Å². The van der Waals surface area contributed by atoms with Gasteiger partial charge in [0.1, 0.15) is 18.1 Å². The molecule has 0 saturated carbocycles. The van der Waals surface area contributed by atoms with E-state index in [1.54, 1.807) is 18.7 Å². The Labute approximate surface area is 161 Å². The normalized spacial score (nSPS) is 17.9. The smallest absolute Gasteiger partial charge is 0.408 e. The van der Waals surface area contributed by atoms with Crippen molar-refractivity contribution < 1.29 is 27.1 Å². The molecule has 1 fully saturated rings. The van der Waals surface area contributed by atoms with Gasteiger partial charge >= 0.3 is 6.18 Å². The van der Waals surface area contributed by atoms with Gasteiger partial charge in [0.2, 0.25) is 5.91 Å². The molecule has 1 aliphatic heterocycles. The Balaban J connectivity index is 1.78. The van der Waals surface area contributed by atoms with Crippen LogP contribution in [0.4, 0.5) is 13.2 Å². The summed E-state index contributed by atoms with van der Waals surface area (Å²) < 4.78 is 50.4. The summed E-state index contributed by atoms with van der Waals surface area (Å²) >= 11 is 0. The maximum atomic E-state index is 12.8. The van der Waals surface area contributed by atoms with Crippen molar-refractivity contribution in [3.8, 4) is 0 Å². The van der Waals surface area contributed by atoms with Crippen molar-refractivity contribution >= 4 is 5.91 Å². The number of furan rings is 1. The van der Waals surface area contributed by atoms with E-state index in [2.05, 4.69) is 5.10 Å². The number of ether oxygens (including phenoxy) is 1. The molecule has 1 aliphatic rings. The number of carbonyl (C=O) groups excluding carboxylic acids is 1. The van der Waals surface area contributed by atoms with Crippen LogP contribution < -0.4 is 0 Å². The molecule has 9 heteroatoms. The van der Waals surface area contributed by atoms with Gasteiger partial charge in [-0.2, -0.15) is 18.3 Å². The molecule has 1 saturated heterocycles. The number of hydrogen-bond donors (Lipinski definition) is 0. The summed E-state index contributed by atoms with van der Waals surface area (Å²) in [5.74, 6) is 1.45. The first-order valence-corrected chi connectivity index (χ1v) is 9.19. The van der Waals surface area contributed by atoms with Crippen molar-refractivity contribution in [3.05, 3.63) is 40.6 Å². The second-order valence-electron chi connectivity index (χ2n) is 7.05. The lowest BCUT2D eigenvalue weighted by Gasteiger charge is -2.36. The minimum absolute atomic E-state index is 0.0790. The first-order valence-electron chi connectivity index (χ1n) is 9.19. The number of aromatic nitrogens is 2. The van der Waals surface area contributed by atoms with Crippen LogP contribution in [0.25, 0.3) is 0 Å². The van der Waals surface area contributed by atoms with Crippen LogP contribution in [0.1, 0.15) is 40.9 Å². The lowest BCUT2D eigenvalue weighted by atomic mass is 10.0. The molecule has 3 heterocycles. The molecule has 0 aliphatic carbocycles. The average molecular weight is 399 g/mol. The molecule has 3 rings (SSSR count). The third-order valence-corrected chi connectivity index (χ3v) is 4.93. The van der Waals surface area contributed by atoms with Crippen LogP contribution >= 0.6 is 0 Å². The fraction of sp³-hybridized carbons (Fsp3) is 0.579. The van der Waals surface area contributed by atoms with Crippen molar-refractivity contribution in [2.75, 3.05) is 19.8 Å². The van der Waals surface area contributed by atoms with Gasteiger partial charge in [-0.15, -0.1) is 0 Å². The summed E-state index contributed by atoms with van der Waals surface area (Å²) in [6.45, 7) is 4.99. The SMILES string of the molecule is Cc1ccc(CCC(=O)N2CCOC[C@@H]2c2c(C)nn(CC(F)(F)F)c2C)o1. The topological polar surface area (TPSA) is 60.5 Å².